The molecule has 12 nitrogen and oxygen atoms in total. The summed E-state index contributed by atoms with van der Waals surface area (Å²) >= 11 is 0. The molecule has 3 fully saturated rings. The standard InChI is InChI=1S/C34H43FN10O2/c1-4-44(24(2)3)33(46)28-17-26(35)5-6-29(28)47-32-31(37-22-38-40-32)43-20-34(21-43)10-15-41(16-11-34)19-25-7-12-42(13-8-25)27-9-14-45-30(18-27)36-23-39-45/h5-6,9,14,17-18,22-25H,4,7-8,10-13,15-16,19-21H2,1-3H3. The van der Waals surface area contributed by atoms with Crippen molar-refractivity contribution >= 4 is 23.1 Å². The van der Waals surface area contributed by atoms with Crippen LogP contribution in [0.25, 0.3) is 5.65 Å². The fourth-order valence-electron chi connectivity index (χ4n) is 7.48. The minimum absolute atomic E-state index is 0.0401. The number of halogens is 1. The zero-order valence-corrected chi connectivity index (χ0v) is 27.4. The number of pyridine rings is 1. The molecule has 47 heavy (non-hydrogen) atoms. The Balaban J connectivity index is 0.927. The summed E-state index contributed by atoms with van der Waals surface area (Å²) in [6.07, 6.45) is 9.70. The van der Waals surface area contributed by atoms with Crippen molar-refractivity contribution in [1.29, 1.82) is 0 Å². The Morgan fingerprint density at radius 2 is 1.83 bits per heavy atom. The summed E-state index contributed by atoms with van der Waals surface area (Å²) in [4.78, 5) is 31.2. The highest BCUT2D eigenvalue weighted by molar-refractivity contribution is 5.97. The molecule has 4 aromatic rings. The molecule has 1 amide bonds. The van der Waals surface area contributed by atoms with Crippen LogP contribution in [0.1, 0.15) is 56.8 Å². The molecule has 0 atom stereocenters. The monoisotopic (exact) mass is 642 g/mol. The number of hydrogen-bond donors (Lipinski definition) is 0. The van der Waals surface area contributed by atoms with Crippen LogP contribution in [-0.2, 0) is 0 Å². The number of fused-ring (bicyclic) bond motifs is 1. The SMILES string of the molecule is CCN(C(=O)c1cc(F)ccc1Oc1nncnc1N1CC2(CCN(CC3CCN(c4ccn5ncnc5c4)CC3)CC2)C1)C(C)C. The third kappa shape index (κ3) is 6.45. The second-order valence-electron chi connectivity index (χ2n) is 13.6. The van der Waals surface area contributed by atoms with Gasteiger partial charge in [-0.3, -0.25) is 4.79 Å². The fraction of sp³-hybridized carbons (Fsp3) is 0.529. The number of aromatic nitrogens is 6. The van der Waals surface area contributed by atoms with Crippen molar-refractivity contribution in [3.05, 3.63) is 60.6 Å². The quantitative estimate of drug-likeness (QED) is 0.258. The summed E-state index contributed by atoms with van der Waals surface area (Å²) in [5, 5.41) is 12.4. The number of piperidine rings is 2. The van der Waals surface area contributed by atoms with E-state index in [1.54, 1.807) is 15.7 Å². The minimum Gasteiger partial charge on any atom is -0.434 e. The van der Waals surface area contributed by atoms with Crippen LogP contribution >= 0.6 is 0 Å². The molecule has 1 spiro atoms. The summed E-state index contributed by atoms with van der Waals surface area (Å²) in [5.74, 6) is 0.990. The average molecular weight is 643 g/mol. The van der Waals surface area contributed by atoms with Crippen molar-refractivity contribution in [2.24, 2.45) is 11.3 Å². The van der Waals surface area contributed by atoms with E-state index in [4.69, 9.17) is 4.74 Å². The van der Waals surface area contributed by atoms with Crippen LogP contribution in [0.2, 0.25) is 0 Å². The summed E-state index contributed by atoms with van der Waals surface area (Å²) < 4.78 is 22.2. The third-order valence-corrected chi connectivity index (χ3v) is 10.2. The van der Waals surface area contributed by atoms with E-state index in [-0.39, 0.29) is 34.6 Å². The number of likely N-dealkylation sites (tertiary alicyclic amines) is 1. The smallest absolute Gasteiger partial charge is 0.282 e. The molecule has 13 heteroatoms. The van der Waals surface area contributed by atoms with Gasteiger partial charge in [-0.15, -0.1) is 10.2 Å². The van der Waals surface area contributed by atoms with Gasteiger partial charge in [0.05, 0.1) is 5.56 Å². The molecule has 0 radical (unpaired) electrons. The maximum Gasteiger partial charge on any atom is 0.282 e. The van der Waals surface area contributed by atoms with Crippen LogP contribution in [0, 0.1) is 17.2 Å². The number of amides is 1. The Morgan fingerprint density at radius 1 is 1.04 bits per heavy atom. The number of carbonyl (C=O) groups excluding carboxylic acids is 1. The number of ether oxygens (including phenoxy) is 1. The Bertz CT molecular complexity index is 1710. The molecule has 0 aliphatic carbocycles. The van der Waals surface area contributed by atoms with Gasteiger partial charge < -0.3 is 24.3 Å². The lowest BCUT2D eigenvalue weighted by atomic mass is 9.72. The van der Waals surface area contributed by atoms with Gasteiger partial charge in [-0.05, 0) is 89.7 Å². The lowest BCUT2D eigenvalue weighted by molar-refractivity contribution is 0.0641. The molecule has 248 valence electrons. The molecule has 3 saturated heterocycles. The van der Waals surface area contributed by atoms with E-state index in [2.05, 4.69) is 52.1 Å². The molecule has 1 aromatic carbocycles. The van der Waals surface area contributed by atoms with Crippen molar-refractivity contribution in [2.75, 3.05) is 62.2 Å². The number of nitrogens with zero attached hydrogens (tertiary/aromatic N) is 10. The van der Waals surface area contributed by atoms with Crippen molar-refractivity contribution in [1.82, 2.24) is 39.6 Å². The molecule has 0 saturated carbocycles. The van der Waals surface area contributed by atoms with Crippen LogP contribution in [0.5, 0.6) is 11.6 Å². The van der Waals surface area contributed by atoms with Crippen molar-refractivity contribution in [3.63, 3.8) is 0 Å². The van der Waals surface area contributed by atoms with Gasteiger partial charge in [0.25, 0.3) is 11.8 Å². The maximum atomic E-state index is 14.3. The predicted octanol–water partition coefficient (Wildman–Crippen LogP) is 4.54. The molecule has 0 N–H and O–H groups in total. The van der Waals surface area contributed by atoms with Crippen molar-refractivity contribution < 1.29 is 13.9 Å². The van der Waals surface area contributed by atoms with Gasteiger partial charge in [0.15, 0.2) is 11.5 Å². The Labute approximate surface area is 274 Å². The van der Waals surface area contributed by atoms with Crippen LogP contribution in [-0.4, -0.2) is 104 Å². The number of carbonyl (C=O) groups is 1. The summed E-state index contributed by atoms with van der Waals surface area (Å²) in [5.41, 5.74) is 2.52. The van der Waals surface area contributed by atoms with Gasteiger partial charge in [-0.2, -0.15) is 5.10 Å². The highest BCUT2D eigenvalue weighted by atomic mass is 19.1. The molecule has 3 aromatic heterocycles. The van der Waals surface area contributed by atoms with E-state index in [1.807, 2.05) is 27.0 Å². The second kappa shape index (κ2) is 13.0. The molecule has 6 heterocycles. The van der Waals surface area contributed by atoms with E-state index >= 15 is 0 Å². The first-order valence-electron chi connectivity index (χ1n) is 16.8. The van der Waals surface area contributed by atoms with Gasteiger partial charge in [0.1, 0.15) is 24.2 Å². The van der Waals surface area contributed by atoms with Crippen LogP contribution in [0.4, 0.5) is 15.9 Å². The van der Waals surface area contributed by atoms with E-state index in [9.17, 15) is 9.18 Å². The maximum absolute atomic E-state index is 14.3. The first-order valence-corrected chi connectivity index (χ1v) is 16.8. The van der Waals surface area contributed by atoms with Crippen LogP contribution < -0.4 is 14.5 Å². The zero-order chi connectivity index (χ0) is 32.5. The minimum atomic E-state index is -0.499. The Kier molecular flexibility index (Phi) is 8.65. The van der Waals surface area contributed by atoms with Crippen LogP contribution in [0.3, 0.4) is 0 Å². The average Bonchev–Trinajstić information content (AvgIpc) is 3.54. The topological polar surface area (TPSA) is 108 Å². The van der Waals surface area contributed by atoms with Gasteiger partial charge in [-0.25, -0.2) is 18.9 Å². The lowest BCUT2D eigenvalue weighted by Crippen LogP contribution is -2.61. The molecule has 0 bridgehead atoms. The van der Waals surface area contributed by atoms with Gasteiger partial charge in [-0.1, -0.05) is 0 Å². The highest BCUT2D eigenvalue weighted by Crippen LogP contribution is 2.44. The van der Waals surface area contributed by atoms with E-state index in [0.29, 0.717) is 12.4 Å². The van der Waals surface area contributed by atoms with Gasteiger partial charge in [0.2, 0.25) is 0 Å². The molecular weight excluding hydrogens is 599 g/mol. The normalized spacial score (nSPS) is 18.6. The molecule has 0 unspecified atom stereocenters. The predicted molar refractivity (Wildman–Crippen MR) is 176 cm³/mol. The van der Waals surface area contributed by atoms with E-state index in [0.717, 1.165) is 70.2 Å². The largest absolute Gasteiger partial charge is 0.434 e. The number of hydrogen-bond acceptors (Lipinski definition) is 10. The van der Waals surface area contributed by atoms with Gasteiger partial charge >= 0.3 is 0 Å². The van der Waals surface area contributed by atoms with E-state index < -0.39 is 5.82 Å². The molecule has 3 aliphatic heterocycles. The Morgan fingerprint density at radius 3 is 2.57 bits per heavy atom. The second-order valence-corrected chi connectivity index (χ2v) is 13.6. The fourth-order valence-corrected chi connectivity index (χ4v) is 7.48. The van der Waals surface area contributed by atoms with Crippen LogP contribution in [0.15, 0.2) is 49.2 Å². The Hall–Kier alpha value is -4.39. The van der Waals surface area contributed by atoms with Gasteiger partial charge in [0, 0.05) is 68.7 Å². The number of rotatable bonds is 9. The summed E-state index contributed by atoms with van der Waals surface area (Å²) in [7, 11) is 0. The first-order chi connectivity index (χ1) is 22.8. The van der Waals surface area contributed by atoms with Crippen molar-refractivity contribution in [2.45, 2.75) is 52.5 Å². The van der Waals surface area contributed by atoms with E-state index in [1.165, 1.54) is 43.1 Å². The summed E-state index contributed by atoms with van der Waals surface area (Å²) in [6.45, 7) is 13.5. The molecule has 3 aliphatic rings. The first kappa shape index (κ1) is 31.2. The number of benzene rings is 1. The molecular formula is C34H43FN10O2. The van der Waals surface area contributed by atoms with Crippen molar-refractivity contribution in [3.8, 4) is 11.6 Å². The zero-order valence-electron chi connectivity index (χ0n) is 27.4. The number of anilines is 2. The highest BCUT2D eigenvalue weighted by Gasteiger charge is 2.46. The molecule has 7 rings (SSSR count). The third-order valence-electron chi connectivity index (χ3n) is 10.2. The lowest BCUT2D eigenvalue weighted by Gasteiger charge is -2.54. The summed E-state index contributed by atoms with van der Waals surface area (Å²) in [6, 6.07) is 8.21.